The molecule has 0 aliphatic carbocycles. The Labute approximate surface area is 209 Å². The van der Waals surface area contributed by atoms with Gasteiger partial charge in [0.25, 0.3) is 5.91 Å². The van der Waals surface area contributed by atoms with Crippen molar-refractivity contribution in [1.29, 1.82) is 0 Å². The molecule has 5 heterocycles. The number of H-pyrrole nitrogens is 1. The number of fused-ring (bicyclic) bond motifs is 1. The van der Waals surface area contributed by atoms with E-state index in [9.17, 15) is 4.79 Å². The molecule has 10 heteroatoms. The number of carbonyl (C=O) groups excluding carboxylic acids is 1. The van der Waals surface area contributed by atoms with E-state index >= 15 is 0 Å². The van der Waals surface area contributed by atoms with E-state index in [1.165, 1.54) is 0 Å². The van der Waals surface area contributed by atoms with Gasteiger partial charge in [0, 0.05) is 69.1 Å². The Balaban J connectivity index is 1.18. The first-order chi connectivity index (χ1) is 17.7. The molecule has 2 saturated heterocycles. The van der Waals surface area contributed by atoms with Crippen LogP contribution in [0, 0.1) is 0 Å². The van der Waals surface area contributed by atoms with Crippen LogP contribution >= 0.6 is 0 Å². The van der Waals surface area contributed by atoms with Crippen LogP contribution in [0.15, 0.2) is 53.4 Å². The summed E-state index contributed by atoms with van der Waals surface area (Å²) in [6.45, 7) is 7.11. The Hall–Kier alpha value is -3.60. The number of ether oxygens (including phenoxy) is 1. The van der Waals surface area contributed by atoms with Crippen LogP contribution in [0.3, 0.4) is 0 Å². The van der Waals surface area contributed by atoms with Crippen molar-refractivity contribution in [1.82, 2.24) is 30.7 Å². The van der Waals surface area contributed by atoms with E-state index in [1.807, 2.05) is 36.7 Å². The summed E-state index contributed by atoms with van der Waals surface area (Å²) in [4.78, 5) is 26.9. The number of hydrogen-bond donors (Lipinski definition) is 3. The zero-order valence-corrected chi connectivity index (χ0v) is 20.1. The summed E-state index contributed by atoms with van der Waals surface area (Å²) in [6.07, 6.45) is 8.46. The fourth-order valence-electron chi connectivity index (χ4n) is 4.96. The summed E-state index contributed by atoms with van der Waals surface area (Å²) >= 11 is 0. The van der Waals surface area contributed by atoms with Crippen LogP contribution in [0.1, 0.15) is 16.9 Å². The van der Waals surface area contributed by atoms with Gasteiger partial charge in [-0.05, 0) is 23.8 Å². The number of aliphatic imine (C=N–C) groups is 1. The number of piperazine rings is 1. The summed E-state index contributed by atoms with van der Waals surface area (Å²) < 4.78 is 5.47. The number of morpholine rings is 1. The molecule has 0 bridgehead atoms. The smallest absolute Gasteiger partial charge is 0.276 e. The van der Waals surface area contributed by atoms with Crippen LogP contribution in [0.4, 0.5) is 5.69 Å². The topological polar surface area (TPSA) is 111 Å². The highest BCUT2D eigenvalue weighted by atomic mass is 16.5. The number of dihydropyridines is 1. The zero-order valence-electron chi connectivity index (χ0n) is 20.1. The zero-order chi connectivity index (χ0) is 24.3. The molecule has 186 valence electrons. The van der Waals surface area contributed by atoms with Crippen molar-refractivity contribution in [3.05, 3.63) is 54.1 Å². The molecule has 3 aliphatic heterocycles. The molecule has 1 amide bonds. The van der Waals surface area contributed by atoms with Gasteiger partial charge in [-0.3, -0.25) is 24.8 Å². The molecule has 1 aromatic carbocycles. The van der Waals surface area contributed by atoms with Gasteiger partial charge >= 0.3 is 0 Å². The van der Waals surface area contributed by atoms with E-state index in [1.54, 1.807) is 6.21 Å². The molecular formula is C26H30N8O2. The predicted molar refractivity (Wildman–Crippen MR) is 139 cm³/mol. The molecule has 10 nitrogen and oxygen atoms in total. The maximum absolute atomic E-state index is 13.1. The van der Waals surface area contributed by atoms with E-state index in [4.69, 9.17) is 4.74 Å². The minimum Gasteiger partial charge on any atom is -0.378 e. The average molecular weight is 487 g/mol. The van der Waals surface area contributed by atoms with Gasteiger partial charge in [-0.15, -0.1) is 0 Å². The molecule has 0 spiro atoms. The quantitative estimate of drug-likeness (QED) is 0.504. The molecule has 3 aromatic rings. The van der Waals surface area contributed by atoms with Crippen LogP contribution in [0.5, 0.6) is 0 Å². The lowest BCUT2D eigenvalue weighted by atomic mass is 10.0. The van der Waals surface area contributed by atoms with Crippen molar-refractivity contribution in [3.8, 4) is 11.1 Å². The first kappa shape index (κ1) is 22.8. The van der Waals surface area contributed by atoms with Gasteiger partial charge in [-0.2, -0.15) is 5.10 Å². The fraction of sp³-hybridized carbons (Fsp3) is 0.385. The largest absolute Gasteiger partial charge is 0.378 e. The highest BCUT2D eigenvalue weighted by Gasteiger charge is 2.22. The van der Waals surface area contributed by atoms with Crippen molar-refractivity contribution in [3.63, 3.8) is 0 Å². The van der Waals surface area contributed by atoms with Crippen molar-refractivity contribution in [2.45, 2.75) is 12.6 Å². The standard InChI is InChI=1S/C26H30N8O2/c35-26(30-20-2-4-24(29-16-20)34-7-5-27-6-8-34)25-22-14-18(1-3-23(22)31-32-25)19-13-21(17-28-15-19)33-9-11-36-12-10-33/h1-3,13-17,24,27H,4-12H2,(H,30,35)(H,31,32). The van der Waals surface area contributed by atoms with Gasteiger partial charge in [0.2, 0.25) is 0 Å². The highest BCUT2D eigenvalue weighted by molar-refractivity contribution is 6.07. The number of pyridine rings is 1. The molecule has 36 heavy (non-hydrogen) atoms. The predicted octanol–water partition coefficient (Wildman–Crippen LogP) is 1.78. The highest BCUT2D eigenvalue weighted by Crippen LogP contribution is 2.28. The van der Waals surface area contributed by atoms with Crippen LogP contribution in [-0.2, 0) is 4.74 Å². The van der Waals surface area contributed by atoms with Crippen LogP contribution in [0.2, 0.25) is 0 Å². The van der Waals surface area contributed by atoms with Crippen molar-refractivity contribution in [2.75, 3.05) is 57.4 Å². The van der Waals surface area contributed by atoms with E-state index < -0.39 is 0 Å². The summed E-state index contributed by atoms with van der Waals surface area (Å²) in [5.41, 5.74) is 4.94. The Morgan fingerprint density at radius 1 is 1.06 bits per heavy atom. The van der Waals surface area contributed by atoms with Gasteiger partial charge in [0.1, 0.15) is 6.17 Å². The number of anilines is 1. The molecule has 0 radical (unpaired) electrons. The normalized spacial score (nSPS) is 20.9. The van der Waals surface area contributed by atoms with Crippen LogP contribution in [0.25, 0.3) is 22.0 Å². The molecule has 3 aliphatic rings. The SMILES string of the molecule is O=C(NC1=CCC(N2CCNCC2)N=C1)c1n[nH]c2ccc(-c3cncc(N4CCOCC4)c3)cc12. The molecule has 0 saturated carbocycles. The number of aromatic amines is 1. The van der Waals surface area contributed by atoms with Crippen molar-refractivity contribution in [2.24, 2.45) is 4.99 Å². The third-order valence-electron chi connectivity index (χ3n) is 6.98. The Morgan fingerprint density at radius 3 is 2.72 bits per heavy atom. The van der Waals surface area contributed by atoms with E-state index in [2.05, 4.69) is 46.7 Å². The van der Waals surface area contributed by atoms with Crippen LogP contribution in [-0.4, -0.2) is 90.9 Å². The van der Waals surface area contributed by atoms with Gasteiger partial charge < -0.3 is 20.3 Å². The lowest BCUT2D eigenvalue weighted by Crippen LogP contribution is -2.48. The number of nitrogens with zero attached hydrogens (tertiary/aromatic N) is 5. The number of allylic oxidation sites excluding steroid dienone is 1. The molecule has 1 atom stereocenters. The number of carbonyl (C=O) groups is 1. The summed E-state index contributed by atoms with van der Waals surface area (Å²) in [7, 11) is 0. The first-order valence-corrected chi connectivity index (χ1v) is 12.5. The maximum atomic E-state index is 13.1. The van der Waals surface area contributed by atoms with E-state index in [-0.39, 0.29) is 12.1 Å². The summed E-state index contributed by atoms with van der Waals surface area (Å²) in [5, 5.41) is 14.4. The molecule has 2 aromatic heterocycles. The first-order valence-electron chi connectivity index (χ1n) is 12.5. The van der Waals surface area contributed by atoms with Crippen LogP contribution < -0.4 is 15.5 Å². The summed E-state index contributed by atoms with van der Waals surface area (Å²) in [5.74, 6) is -0.253. The number of rotatable bonds is 5. The van der Waals surface area contributed by atoms with Gasteiger partial charge in [0.15, 0.2) is 5.69 Å². The number of nitrogens with one attached hydrogen (secondary N) is 3. The molecule has 1 unspecified atom stereocenters. The number of aromatic nitrogens is 3. The van der Waals surface area contributed by atoms with Gasteiger partial charge in [-0.25, -0.2) is 0 Å². The number of benzene rings is 1. The third-order valence-corrected chi connectivity index (χ3v) is 6.98. The molecule has 6 rings (SSSR count). The number of amides is 1. The molecular weight excluding hydrogens is 456 g/mol. The second-order valence-electron chi connectivity index (χ2n) is 9.26. The van der Waals surface area contributed by atoms with Crippen molar-refractivity contribution >= 4 is 28.7 Å². The van der Waals surface area contributed by atoms with Gasteiger partial charge in [0.05, 0.1) is 36.3 Å². The minimum atomic E-state index is -0.253. The van der Waals surface area contributed by atoms with E-state index in [0.717, 1.165) is 86.6 Å². The second-order valence-corrected chi connectivity index (χ2v) is 9.26. The third kappa shape index (κ3) is 4.75. The Kier molecular flexibility index (Phi) is 6.46. The lowest BCUT2D eigenvalue weighted by molar-refractivity contribution is 0.0964. The Bertz CT molecular complexity index is 1300. The monoisotopic (exact) mass is 486 g/mol. The molecule has 2 fully saturated rings. The average Bonchev–Trinajstić information content (AvgIpc) is 3.38. The Morgan fingerprint density at radius 2 is 1.92 bits per heavy atom. The second kappa shape index (κ2) is 10.2. The lowest BCUT2D eigenvalue weighted by Gasteiger charge is -2.33. The van der Waals surface area contributed by atoms with Gasteiger partial charge in [-0.1, -0.05) is 12.1 Å². The maximum Gasteiger partial charge on any atom is 0.276 e. The van der Waals surface area contributed by atoms with Crippen molar-refractivity contribution < 1.29 is 9.53 Å². The fourth-order valence-corrected chi connectivity index (χ4v) is 4.96. The summed E-state index contributed by atoms with van der Waals surface area (Å²) in [6, 6.07) is 8.11. The van der Waals surface area contributed by atoms with E-state index in [0.29, 0.717) is 11.4 Å². The number of hydrogen-bond acceptors (Lipinski definition) is 8. The molecule has 3 N–H and O–H groups in total. The minimum absolute atomic E-state index is 0.142.